The van der Waals surface area contributed by atoms with E-state index in [0.717, 1.165) is 45.4 Å². The van der Waals surface area contributed by atoms with E-state index in [0.29, 0.717) is 6.04 Å². The van der Waals surface area contributed by atoms with Crippen molar-refractivity contribution in [3.8, 4) is 0 Å². The van der Waals surface area contributed by atoms with Crippen LogP contribution in [0, 0.1) is 6.92 Å². The van der Waals surface area contributed by atoms with Gasteiger partial charge in [0.25, 0.3) is 0 Å². The van der Waals surface area contributed by atoms with Crippen molar-refractivity contribution in [3.05, 3.63) is 35.4 Å². The molecule has 3 heteroatoms. The summed E-state index contributed by atoms with van der Waals surface area (Å²) in [5, 5.41) is 3.65. The fraction of sp³-hybridized carbons (Fsp3) is 0.625. The molecule has 0 aromatic heterocycles. The summed E-state index contributed by atoms with van der Waals surface area (Å²) < 4.78 is 11.5. The molecule has 2 fully saturated rings. The maximum absolute atomic E-state index is 5.76. The van der Waals surface area contributed by atoms with Crippen molar-refractivity contribution in [2.75, 3.05) is 13.2 Å². The molecule has 1 aliphatic heterocycles. The van der Waals surface area contributed by atoms with E-state index < -0.39 is 0 Å². The minimum Gasteiger partial charge on any atom is -0.348 e. The lowest BCUT2D eigenvalue weighted by Crippen LogP contribution is -2.41. The van der Waals surface area contributed by atoms with Crippen LogP contribution in [0.5, 0.6) is 0 Å². The van der Waals surface area contributed by atoms with Gasteiger partial charge in [0, 0.05) is 25.4 Å². The van der Waals surface area contributed by atoms with Gasteiger partial charge < -0.3 is 14.8 Å². The van der Waals surface area contributed by atoms with Gasteiger partial charge in [-0.15, -0.1) is 0 Å². The zero-order valence-corrected chi connectivity index (χ0v) is 11.7. The summed E-state index contributed by atoms with van der Waals surface area (Å²) in [4.78, 5) is 0. The van der Waals surface area contributed by atoms with Crippen LogP contribution in [-0.2, 0) is 16.0 Å². The van der Waals surface area contributed by atoms with E-state index in [2.05, 4.69) is 36.5 Å². The Kier molecular flexibility index (Phi) is 3.87. The third kappa shape index (κ3) is 3.16. The monoisotopic (exact) mass is 261 g/mol. The van der Waals surface area contributed by atoms with Crippen molar-refractivity contribution in [3.63, 3.8) is 0 Å². The van der Waals surface area contributed by atoms with Gasteiger partial charge in [-0.2, -0.15) is 0 Å². The van der Waals surface area contributed by atoms with E-state index in [9.17, 15) is 0 Å². The molecule has 1 saturated carbocycles. The highest BCUT2D eigenvalue weighted by Gasteiger charge is 2.40. The molecule has 0 atom stereocenters. The van der Waals surface area contributed by atoms with Crippen molar-refractivity contribution in [2.45, 2.75) is 51.0 Å². The SMILES string of the molecule is Cc1ccc(CNC2CCC3(CC2)OCCO3)cc1. The molecule has 0 amide bonds. The molecule has 0 bridgehead atoms. The molecule has 1 aromatic carbocycles. The van der Waals surface area contributed by atoms with Gasteiger partial charge in [0.2, 0.25) is 0 Å². The summed E-state index contributed by atoms with van der Waals surface area (Å²) in [6.07, 6.45) is 4.34. The van der Waals surface area contributed by atoms with Crippen molar-refractivity contribution < 1.29 is 9.47 Å². The van der Waals surface area contributed by atoms with Crippen LogP contribution in [-0.4, -0.2) is 25.0 Å². The Labute approximate surface area is 115 Å². The number of hydrogen-bond donors (Lipinski definition) is 1. The summed E-state index contributed by atoms with van der Waals surface area (Å²) in [6.45, 7) is 4.61. The van der Waals surface area contributed by atoms with Crippen LogP contribution in [0.3, 0.4) is 0 Å². The number of benzene rings is 1. The Morgan fingerprint density at radius 3 is 2.37 bits per heavy atom. The first-order valence-corrected chi connectivity index (χ1v) is 7.33. The zero-order chi connectivity index (χ0) is 13.1. The van der Waals surface area contributed by atoms with Gasteiger partial charge in [-0.25, -0.2) is 0 Å². The molecule has 19 heavy (non-hydrogen) atoms. The van der Waals surface area contributed by atoms with E-state index in [1.807, 2.05) is 0 Å². The van der Waals surface area contributed by atoms with Gasteiger partial charge in [-0.1, -0.05) is 29.8 Å². The maximum Gasteiger partial charge on any atom is 0.168 e. The number of aryl methyl sites for hydroxylation is 1. The summed E-state index contributed by atoms with van der Waals surface area (Å²) in [6, 6.07) is 9.35. The van der Waals surface area contributed by atoms with Gasteiger partial charge in [-0.05, 0) is 25.3 Å². The predicted molar refractivity (Wildman–Crippen MR) is 74.9 cm³/mol. The van der Waals surface area contributed by atoms with Crippen molar-refractivity contribution in [1.29, 1.82) is 0 Å². The van der Waals surface area contributed by atoms with E-state index >= 15 is 0 Å². The number of hydrogen-bond acceptors (Lipinski definition) is 3. The largest absolute Gasteiger partial charge is 0.348 e. The minimum absolute atomic E-state index is 0.234. The first-order valence-electron chi connectivity index (χ1n) is 7.33. The second-order valence-corrected chi connectivity index (χ2v) is 5.75. The average molecular weight is 261 g/mol. The smallest absolute Gasteiger partial charge is 0.168 e. The first-order chi connectivity index (χ1) is 9.26. The fourth-order valence-electron chi connectivity index (χ4n) is 3.02. The van der Waals surface area contributed by atoms with Crippen LogP contribution in [0.15, 0.2) is 24.3 Å². The third-order valence-electron chi connectivity index (χ3n) is 4.28. The van der Waals surface area contributed by atoms with E-state index in [1.54, 1.807) is 0 Å². The Balaban J connectivity index is 1.46. The van der Waals surface area contributed by atoms with E-state index in [4.69, 9.17) is 9.47 Å². The second-order valence-electron chi connectivity index (χ2n) is 5.75. The van der Waals surface area contributed by atoms with Crippen LogP contribution in [0.1, 0.15) is 36.8 Å². The molecular weight excluding hydrogens is 238 g/mol. The molecule has 1 aliphatic carbocycles. The molecule has 1 heterocycles. The number of nitrogens with one attached hydrogen (secondary N) is 1. The van der Waals surface area contributed by atoms with Crippen LogP contribution < -0.4 is 5.32 Å². The second kappa shape index (κ2) is 5.61. The Hall–Kier alpha value is -0.900. The predicted octanol–water partition coefficient (Wildman–Crippen LogP) is 2.77. The summed E-state index contributed by atoms with van der Waals surface area (Å²) >= 11 is 0. The van der Waals surface area contributed by atoms with E-state index in [-0.39, 0.29) is 5.79 Å². The Bertz CT molecular complexity index is 399. The molecule has 1 spiro atoms. The Morgan fingerprint density at radius 2 is 1.74 bits per heavy atom. The first kappa shape index (κ1) is 13.1. The third-order valence-corrected chi connectivity index (χ3v) is 4.28. The van der Waals surface area contributed by atoms with Gasteiger partial charge in [0.05, 0.1) is 13.2 Å². The van der Waals surface area contributed by atoms with Crippen molar-refractivity contribution in [2.24, 2.45) is 0 Å². The van der Waals surface area contributed by atoms with Crippen LogP contribution >= 0.6 is 0 Å². The Morgan fingerprint density at radius 1 is 1.11 bits per heavy atom. The molecule has 1 aromatic rings. The molecule has 0 radical (unpaired) electrons. The zero-order valence-electron chi connectivity index (χ0n) is 11.7. The highest BCUT2D eigenvalue weighted by Crippen LogP contribution is 2.35. The minimum atomic E-state index is -0.234. The maximum atomic E-state index is 5.76. The molecule has 3 rings (SSSR count). The van der Waals surface area contributed by atoms with Gasteiger partial charge in [0.15, 0.2) is 5.79 Å². The molecule has 1 N–H and O–H groups in total. The highest BCUT2D eigenvalue weighted by molar-refractivity contribution is 5.21. The van der Waals surface area contributed by atoms with Crippen molar-refractivity contribution >= 4 is 0 Å². The van der Waals surface area contributed by atoms with Crippen molar-refractivity contribution in [1.82, 2.24) is 5.32 Å². The molecule has 0 unspecified atom stereocenters. The molecule has 1 saturated heterocycles. The fourth-order valence-corrected chi connectivity index (χ4v) is 3.02. The lowest BCUT2D eigenvalue weighted by Gasteiger charge is -2.35. The number of rotatable bonds is 3. The summed E-state index contributed by atoms with van der Waals surface area (Å²) in [7, 11) is 0. The van der Waals surface area contributed by atoms with Crippen LogP contribution in [0.25, 0.3) is 0 Å². The standard InChI is InChI=1S/C16H23NO2/c1-13-2-4-14(5-3-13)12-17-15-6-8-16(9-7-15)18-10-11-19-16/h2-5,15,17H,6-12H2,1H3. The molecular formula is C16H23NO2. The van der Waals surface area contributed by atoms with Crippen LogP contribution in [0.2, 0.25) is 0 Å². The summed E-state index contributed by atoms with van der Waals surface area (Å²) in [5.74, 6) is -0.234. The molecule has 2 aliphatic rings. The molecule has 104 valence electrons. The normalized spacial score (nSPS) is 23.0. The topological polar surface area (TPSA) is 30.5 Å². The van der Waals surface area contributed by atoms with Gasteiger partial charge >= 0.3 is 0 Å². The highest BCUT2D eigenvalue weighted by atomic mass is 16.7. The van der Waals surface area contributed by atoms with E-state index in [1.165, 1.54) is 11.1 Å². The van der Waals surface area contributed by atoms with Crippen LogP contribution in [0.4, 0.5) is 0 Å². The quantitative estimate of drug-likeness (QED) is 0.907. The lowest BCUT2D eigenvalue weighted by molar-refractivity contribution is -0.179. The van der Waals surface area contributed by atoms with Gasteiger partial charge in [-0.3, -0.25) is 0 Å². The average Bonchev–Trinajstić information content (AvgIpc) is 2.89. The molecule has 3 nitrogen and oxygen atoms in total. The lowest BCUT2D eigenvalue weighted by atomic mass is 9.90. The van der Waals surface area contributed by atoms with Gasteiger partial charge in [0.1, 0.15) is 0 Å². The number of ether oxygens (including phenoxy) is 2. The summed E-state index contributed by atoms with van der Waals surface area (Å²) in [5.41, 5.74) is 2.68.